The Morgan fingerprint density at radius 3 is 1.16 bits per heavy atom. The molecule has 2 amide bonds. The lowest BCUT2D eigenvalue weighted by atomic mass is 9.61. The summed E-state index contributed by atoms with van der Waals surface area (Å²) in [6.07, 6.45) is 6.71. The molecule has 16 heteroatoms. The quantitative estimate of drug-likeness (QED) is 0.0843. The SMILES string of the molecule is C=CC(=O)OCCOC(=O)NC1CC(C)(C)CC(C)(Cn2c(=O)n(CC3(C)CC(C)CC(C)(C)C3)c(=O)n(CC3(C)CC(NC(=O)OCCOC(=O)C=C)CC(C)(C)C3)c2=O)C1. The highest BCUT2D eigenvalue weighted by Crippen LogP contribution is 2.50. The molecular weight excluding hydrogens is 799 g/mol. The summed E-state index contributed by atoms with van der Waals surface area (Å²) < 4.78 is 24.1. The molecule has 3 fully saturated rings. The van der Waals surface area contributed by atoms with Gasteiger partial charge >= 0.3 is 41.2 Å². The van der Waals surface area contributed by atoms with Crippen LogP contribution in [0.3, 0.4) is 0 Å². The molecule has 0 aromatic carbocycles. The fourth-order valence-electron chi connectivity index (χ4n) is 12.3. The van der Waals surface area contributed by atoms with E-state index in [1.165, 1.54) is 13.7 Å². The van der Waals surface area contributed by atoms with Crippen molar-refractivity contribution in [3.63, 3.8) is 0 Å². The van der Waals surface area contributed by atoms with Crippen LogP contribution in [0, 0.1) is 38.4 Å². The second-order valence-electron chi connectivity index (χ2n) is 22.1. The van der Waals surface area contributed by atoms with Gasteiger partial charge in [0.25, 0.3) is 0 Å². The monoisotopic (exact) mass is 872 g/mol. The first kappa shape index (κ1) is 50.0. The third-order valence-corrected chi connectivity index (χ3v) is 12.6. The lowest BCUT2D eigenvalue weighted by Crippen LogP contribution is -2.60. The summed E-state index contributed by atoms with van der Waals surface area (Å²) in [5.41, 5.74) is -4.33. The largest absolute Gasteiger partial charge is 0.459 e. The van der Waals surface area contributed by atoms with Gasteiger partial charge in [0.1, 0.15) is 26.4 Å². The lowest BCUT2D eigenvalue weighted by Gasteiger charge is -2.47. The van der Waals surface area contributed by atoms with Crippen molar-refractivity contribution in [3.05, 3.63) is 56.8 Å². The van der Waals surface area contributed by atoms with Crippen molar-refractivity contribution in [2.45, 2.75) is 159 Å². The highest BCUT2D eigenvalue weighted by atomic mass is 16.6. The van der Waals surface area contributed by atoms with Gasteiger partial charge in [-0.15, -0.1) is 0 Å². The molecule has 0 aliphatic heterocycles. The van der Waals surface area contributed by atoms with E-state index in [1.54, 1.807) is 0 Å². The van der Waals surface area contributed by atoms with Gasteiger partial charge in [-0.2, -0.15) is 0 Å². The van der Waals surface area contributed by atoms with E-state index in [1.807, 2.05) is 13.8 Å². The van der Waals surface area contributed by atoms with Crippen LogP contribution < -0.4 is 27.7 Å². The second kappa shape index (κ2) is 19.4. The standard InChI is InChI=1S/C46H73N5O11/c1-13-34(52)59-15-17-61-36(54)47-32-21-42(6,7)26-45(11,23-32)29-50-38(56)49(28-44(10)20-31(3)19-41(4,5)25-44)39(57)51(40(50)58)30-46(12)24-33(22-43(8,9)27-46)48-37(55)62-18-16-60-35(53)14-2/h13-14,31-33H,1-2,15-30H2,3-12H3,(H,47,54)(H,48,55). The first-order valence-electron chi connectivity index (χ1n) is 22.0. The zero-order valence-electron chi connectivity index (χ0n) is 38.9. The molecule has 3 aliphatic rings. The number of nitrogens with zero attached hydrogens (tertiary/aromatic N) is 3. The number of carbonyl (C=O) groups is 4. The minimum absolute atomic E-state index is 0.00971. The Labute approximate surface area is 366 Å². The van der Waals surface area contributed by atoms with Gasteiger partial charge in [0.05, 0.1) is 0 Å². The zero-order valence-corrected chi connectivity index (χ0v) is 38.9. The summed E-state index contributed by atoms with van der Waals surface area (Å²) in [5, 5.41) is 5.89. The fraction of sp³-hybridized carbons (Fsp3) is 0.761. The third kappa shape index (κ3) is 13.9. The van der Waals surface area contributed by atoms with E-state index in [9.17, 15) is 33.6 Å². The number of nitrogens with one attached hydrogen (secondary N) is 2. The summed E-state index contributed by atoms with van der Waals surface area (Å²) in [4.78, 5) is 92.9. The fourth-order valence-corrected chi connectivity index (χ4v) is 12.3. The van der Waals surface area contributed by atoms with Crippen LogP contribution >= 0.6 is 0 Å². The number of alkyl carbamates (subject to hydrolysis) is 2. The van der Waals surface area contributed by atoms with Crippen LogP contribution in [0.5, 0.6) is 0 Å². The number of amides is 2. The summed E-state index contributed by atoms with van der Waals surface area (Å²) in [5.74, 6) is -0.871. The van der Waals surface area contributed by atoms with Crippen molar-refractivity contribution in [1.29, 1.82) is 0 Å². The Balaban J connectivity index is 1.69. The molecule has 62 heavy (non-hydrogen) atoms. The number of carbonyl (C=O) groups excluding carboxylic acids is 4. The number of aromatic nitrogens is 3. The van der Waals surface area contributed by atoms with Gasteiger partial charge in [0.15, 0.2) is 0 Å². The average Bonchev–Trinajstić information content (AvgIpc) is 3.11. The molecule has 4 rings (SSSR count). The molecule has 0 bridgehead atoms. The van der Waals surface area contributed by atoms with Gasteiger partial charge in [-0.3, -0.25) is 0 Å². The predicted octanol–water partition coefficient (Wildman–Crippen LogP) is 6.11. The highest BCUT2D eigenvalue weighted by molar-refractivity contribution is 5.81. The number of ether oxygens (including phenoxy) is 4. The van der Waals surface area contributed by atoms with Gasteiger partial charge in [-0.1, -0.05) is 82.4 Å². The normalized spacial score (nSPS) is 28.7. The molecule has 0 radical (unpaired) electrons. The van der Waals surface area contributed by atoms with E-state index < -0.39 is 57.4 Å². The molecule has 348 valence electrons. The summed E-state index contributed by atoms with van der Waals surface area (Å²) >= 11 is 0. The number of esters is 2. The predicted molar refractivity (Wildman–Crippen MR) is 234 cm³/mol. The van der Waals surface area contributed by atoms with E-state index in [0.29, 0.717) is 44.4 Å². The van der Waals surface area contributed by atoms with Gasteiger partial charge in [-0.25, -0.2) is 47.3 Å². The maximum Gasteiger partial charge on any atom is 0.407 e. The van der Waals surface area contributed by atoms with Gasteiger partial charge in [-0.05, 0) is 96.2 Å². The maximum atomic E-state index is 14.8. The van der Waals surface area contributed by atoms with E-state index >= 15 is 0 Å². The van der Waals surface area contributed by atoms with Gasteiger partial charge in [0, 0.05) is 43.9 Å². The van der Waals surface area contributed by atoms with E-state index in [2.05, 4.69) is 79.2 Å². The first-order chi connectivity index (χ1) is 28.6. The molecule has 1 heterocycles. The number of rotatable bonds is 16. The van der Waals surface area contributed by atoms with Gasteiger partial charge < -0.3 is 29.6 Å². The van der Waals surface area contributed by atoms with Crippen LogP contribution in [0.15, 0.2) is 39.7 Å². The Morgan fingerprint density at radius 1 is 0.532 bits per heavy atom. The Kier molecular flexibility index (Phi) is 15.7. The molecule has 3 aliphatic carbocycles. The van der Waals surface area contributed by atoms with Crippen LogP contribution in [-0.4, -0.2) is 76.3 Å². The average molecular weight is 872 g/mol. The molecule has 2 N–H and O–H groups in total. The van der Waals surface area contributed by atoms with Crippen LogP contribution in [0.4, 0.5) is 9.59 Å². The van der Waals surface area contributed by atoms with Crippen molar-refractivity contribution in [3.8, 4) is 0 Å². The lowest BCUT2D eigenvalue weighted by molar-refractivity contribution is -0.139. The van der Waals surface area contributed by atoms with Crippen molar-refractivity contribution < 1.29 is 38.1 Å². The smallest absolute Gasteiger partial charge is 0.407 e. The van der Waals surface area contributed by atoms with E-state index in [-0.39, 0.29) is 74.4 Å². The number of hydrogen-bond donors (Lipinski definition) is 2. The molecule has 3 saturated carbocycles. The zero-order chi connectivity index (χ0) is 46.5. The molecule has 1 aromatic heterocycles. The van der Waals surface area contributed by atoms with Crippen molar-refractivity contribution in [2.75, 3.05) is 26.4 Å². The van der Waals surface area contributed by atoms with Gasteiger partial charge in [0.2, 0.25) is 0 Å². The molecule has 16 nitrogen and oxygen atoms in total. The van der Waals surface area contributed by atoms with Crippen LogP contribution in [0.2, 0.25) is 0 Å². The van der Waals surface area contributed by atoms with E-state index in [4.69, 9.17) is 18.9 Å². The molecule has 0 saturated heterocycles. The summed E-state index contributed by atoms with van der Waals surface area (Å²) in [7, 11) is 0. The summed E-state index contributed by atoms with van der Waals surface area (Å²) in [6.45, 7) is 27.4. The molecule has 6 unspecified atom stereocenters. The highest BCUT2D eigenvalue weighted by Gasteiger charge is 2.46. The van der Waals surface area contributed by atoms with E-state index in [0.717, 1.165) is 31.4 Å². The maximum absolute atomic E-state index is 14.8. The van der Waals surface area contributed by atoms with Crippen molar-refractivity contribution in [1.82, 2.24) is 24.3 Å². The third-order valence-electron chi connectivity index (χ3n) is 12.6. The molecule has 6 atom stereocenters. The minimum Gasteiger partial charge on any atom is -0.459 e. The Hall–Kier alpha value is -4.63. The van der Waals surface area contributed by atoms with Crippen LogP contribution in [-0.2, 0) is 48.2 Å². The second-order valence-corrected chi connectivity index (χ2v) is 22.1. The first-order valence-corrected chi connectivity index (χ1v) is 22.0. The Morgan fingerprint density at radius 2 is 0.839 bits per heavy atom. The molecular formula is C46H73N5O11. The topological polar surface area (TPSA) is 195 Å². The van der Waals surface area contributed by atoms with Crippen LogP contribution in [0.25, 0.3) is 0 Å². The van der Waals surface area contributed by atoms with Crippen molar-refractivity contribution >= 4 is 24.1 Å². The van der Waals surface area contributed by atoms with Crippen LogP contribution in [0.1, 0.15) is 127 Å². The van der Waals surface area contributed by atoms with Crippen molar-refractivity contribution in [2.24, 2.45) is 38.4 Å². The summed E-state index contributed by atoms with van der Waals surface area (Å²) in [6, 6.07) is -0.718. The number of hydrogen-bond acceptors (Lipinski definition) is 11. The Bertz CT molecular complexity index is 1910. The minimum atomic E-state index is -0.691. The molecule has 0 spiro atoms. The molecule has 1 aromatic rings.